The van der Waals surface area contributed by atoms with Crippen molar-refractivity contribution < 1.29 is 13.2 Å². The summed E-state index contributed by atoms with van der Waals surface area (Å²) in [6.45, 7) is 1.88. The van der Waals surface area contributed by atoms with E-state index < -0.39 is 22.0 Å². The Balaban J connectivity index is 1.56. The first-order chi connectivity index (χ1) is 15.9. The molecule has 0 bridgehead atoms. The maximum Gasteiger partial charge on any atom is 0.244 e. The molecule has 1 aromatic heterocycles. The number of anilines is 1. The maximum absolute atomic E-state index is 13.2. The van der Waals surface area contributed by atoms with Gasteiger partial charge in [-0.2, -0.15) is 4.72 Å². The Bertz CT molecular complexity index is 1320. The summed E-state index contributed by atoms with van der Waals surface area (Å²) in [7, 11) is -3.90. The molecule has 4 aromatic rings. The van der Waals surface area contributed by atoms with Crippen molar-refractivity contribution in [3.63, 3.8) is 0 Å². The van der Waals surface area contributed by atoms with Crippen molar-refractivity contribution in [3.05, 3.63) is 102 Å². The van der Waals surface area contributed by atoms with Gasteiger partial charge in [-0.3, -0.25) is 4.79 Å². The largest absolute Gasteiger partial charge is 0.301 e. The summed E-state index contributed by atoms with van der Waals surface area (Å²) in [5, 5.41) is 3.19. The van der Waals surface area contributed by atoms with Gasteiger partial charge in [0.2, 0.25) is 15.9 Å². The van der Waals surface area contributed by atoms with E-state index in [0.29, 0.717) is 5.13 Å². The minimum Gasteiger partial charge on any atom is -0.301 e. The Morgan fingerprint density at radius 1 is 0.939 bits per heavy atom. The number of benzene rings is 3. The summed E-state index contributed by atoms with van der Waals surface area (Å²) in [5.74, 6) is -0.469. The number of rotatable bonds is 8. The van der Waals surface area contributed by atoms with E-state index in [0.717, 1.165) is 21.6 Å². The molecule has 0 saturated heterocycles. The van der Waals surface area contributed by atoms with Crippen LogP contribution in [0, 0.1) is 6.92 Å². The Labute approximate surface area is 197 Å². The topological polar surface area (TPSA) is 88.2 Å². The minimum absolute atomic E-state index is 0.111. The Hall–Kier alpha value is -3.33. The van der Waals surface area contributed by atoms with Gasteiger partial charge in [-0.1, -0.05) is 89.7 Å². The number of thiazole rings is 1. The third-order valence-corrected chi connectivity index (χ3v) is 7.47. The second-order valence-electron chi connectivity index (χ2n) is 7.56. The Kier molecular flexibility index (Phi) is 6.98. The summed E-state index contributed by atoms with van der Waals surface area (Å²) in [6, 6.07) is 24.5. The van der Waals surface area contributed by atoms with Gasteiger partial charge in [0.15, 0.2) is 5.13 Å². The fourth-order valence-electron chi connectivity index (χ4n) is 3.27. The zero-order valence-corrected chi connectivity index (χ0v) is 19.6. The molecule has 168 valence electrons. The van der Waals surface area contributed by atoms with Gasteiger partial charge >= 0.3 is 0 Å². The molecule has 3 aromatic carbocycles. The molecular formula is C25H23N3O3S2. The molecule has 0 aliphatic rings. The van der Waals surface area contributed by atoms with Gasteiger partial charge in [-0.05, 0) is 36.6 Å². The van der Waals surface area contributed by atoms with E-state index in [1.165, 1.54) is 23.5 Å². The molecule has 0 aliphatic heterocycles. The van der Waals surface area contributed by atoms with E-state index in [1.807, 2.05) is 67.6 Å². The first-order valence-electron chi connectivity index (χ1n) is 10.4. The number of carbonyl (C=O) groups excluding carboxylic acids is 1. The van der Waals surface area contributed by atoms with Crippen LogP contribution in [0.15, 0.2) is 96.0 Å². The molecule has 33 heavy (non-hydrogen) atoms. The number of aromatic nitrogens is 1. The van der Waals surface area contributed by atoms with E-state index in [-0.39, 0.29) is 11.3 Å². The molecule has 0 saturated carbocycles. The average Bonchev–Trinajstić information content (AvgIpc) is 3.28. The fourth-order valence-corrected chi connectivity index (χ4v) is 5.29. The molecule has 8 heteroatoms. The second-order valence-corrected chi connectivity index (χ2v) is 10.3. The highest BCUT2D eigenvalue weighted by molar-refractivity contribution is 7.89. The van der Waals surface area contributed by atoms with Gasteiger partial charge < -0.3 is 5.32 Å². The van der Waals surface area contributed by atoms with Crippen LogP contribution in [0.3, 0.4) is 0 Å². The van der Waals surface area contributed by atoms with Crippen molar-refractivity contribution >= 4 is 32.4 Å². The highest BCUT2D eigenvalue weighted by Gasteiger charge is 2.27. The van der Waals surface area contributed by atoms with Crippen LogP contribution in [0.2, 0.25) is 0 Å². The first-order valence-corrected chi connectivity index (χ1v) is 12.7. The monoisotopic (exact) mass is 477 g/mol. The molecule has 0 spiro atoms. The van der Waals surface area contributed by atoms with Crippen molar-refractivity contribution in [2.45, 2.75) is 24.3 Å². The molecule has 4 rings (SSSR count). The molecule has 1 unspecified atom stereocenters. The summed E-state index contributed by atoms with van der Waals surface area (Å²) < 4.78 is 28.5. The molecule has 0 fully saturated rings. The van der Waals surface area contributed by atoms with E-state index in [4.69, 9.17) is 0 Å². The molecule has 6 nitrogen and oxygen atoms in total. The lowest BCUT2D eigenvalue weighted by atomic mass is 10.1. The smallest absolute Gasteiger partial charge is 0.244 e. The Morgan fingerprint density at radius 2 is 1.58 bits per heavy atom. The van der Waals surface area contributed by atoms with E-state index in [9.17, 15) is 13.2 Å². The summed E-state index contributed by atoms with van der Waals surface area (Å²) in [4.78, 5) is 18.5. The number of sulfonamides is 1. The van der Waals surface area contributed by atoms with Gasteiger partial charge in [-0.15, -0.1) is 0 Å². The standard InChI is InChI=1S/C25H23N3O3S2/c1-18-12-14-21(15-13-18)33(30,31)28-22(16-19-8-4-2-5-9-19)24(29)27-25-26-17-23(32-25)20-10-6-3-7-11-20/h2-15,17,22,28H,16H2,1H3,(H,26,27,29). The van der Waals surface area contributed by atoms with E-state index in [1.54, 1.807) is 18.3 Å². The second kappa shape index (κ2) is 10.1. The molecule has 2 N–H and O–H groups in total. The lowest BCUT2D eigenvalue weighted by Crippen LogP contribution is -2.45. The van der Waals surface area contributed by atoms with Gasteiger partial charge in [0.25, 0.3) is 0 Å². The van der Waals surface area contributed by atoms with Crippen LogP contribution in [-0.4, -0.2) is 25.4 Å². The number of hydrogen-bond acceptors (Lipinski definition) is 5. The lowest BCUT2D eigenvalue weighted by molar-refractivity contribution is -0.117. The van der Waals surface area contributed by atoms with Crippen molar-refractivity contribution in [2.24, 2.45) is 0 Å². The first kappa shape index (κ1) is 22.8. The fraction of sp³-hybridized carbons (Fsp3) is 0.120. The number of carbonyl (C=O) groups is 1. The molecule has 1 amide bonds. The predicted octanol–water partition coefficient (Wildman–Crippen LogP) is 4.65. The predicted molar refractivity (Wildman–Crippen MR) is 132 cm³/mol. The van der Waals surface area contributed by atoms with Gasteiger partial charge in [0, 0.05) is 6.20 Å². The Morgan fingerprint density at radius 3 is 2.24 bits per heavy atom. The summed E-state index contributed by atoms with van der Waals surface area (Å²) >= 11 is 1.33. The van der Waals surface area contributed by atoms with Crippen LogP contribution in [0.4, 0.5) is 5.13 Å². The molecule has 0 aliphatic carbocycles. The zero-order chi connectivity index (χ0) is 23.3. The van der Waals surface area contributed by atoms with Crippen molar-refractivity contribution in [1.29, 1.82) is 0 Å². The SMILES string of the molecule is Cc1ccc(S(=O)(=O)NC(Cc2ccccc2)C(=O)Nc2ncc(-c3ccccc3)s2)cc1. The zero-order valence-electron chi connectivity index (χ0n) is 17.9. The van der Waals surface area contributed by atoms with Crippen LogP contribution in [0.1, 0.15) is 11.1 Å². The van der Waals surface area contributed by atoms with Crippen LogP contribution in [0.25, 0.3) is 10.4 Å². The number of nitrogens with zero attached hydrogens (tertiary/aromatic N) is 1. The molecule has 1 atom stereocenters. The molecule has 0 radical (unpaired) electrons. The maximum atomic E-state index is 13.2. The lowest BCUT2D eigenvalue weighted by Gasteiger charge is -2.18. The van der Waals surface area contributed by atoms with Crippen LogP contribution in [-0.2, 0) is 21.2 Å². The van der Waals surface area contributed by atoms with Crippen molar-refractivity contribution in [1.82, 2.24) is 9.71 Å². The quantitative estimate of drug-likeness (QED) is 0.387. The highest BCUT2D eigenvalue weighted by atomic mass is 32.2. The molecular weight excluding hydrogens is 454 g/mol. The normalized spacial score (nSPS) is 12.3. The molecule has 1 heterocycles. The minimum atomic E-state index is -3.90. The van der Waals surface area contributed by atoms with Gasteiger partial charge in [0.05, 0.1) is 9.77 Å². The number of amides is 1. The van der Waals surface area contributed by atoms with Crippen molar-refractivity contribution in [2.75, 3.05) is 5.32 Å². The van der Waals surface area contributed by atoms with Gasteiger partial charge in [-0.25, -0.2) is 13.4 Å². The summed E-state index contributed by atoms with van der Waals surface area (Å²) in [5.41, 5.74) is 2.79. The van der Waals surface area contributed by atoms with Crippen molar-refractivity contribution in [3.8, 4) is 10.4 Å². The van der Waals surface area contributed by atoms with E-state index in [2.05, 4.69) is 15.0 Å². The third-order valence-electron chi connectivity index (χ3n) is 5.02. The number of hydrogen-bond donors (Lipinski definition) is 2. The van der Waals surface area contributed by atoms with Crippen LogP contribution < -0.4 is 10.0 Å². The summed E-state index contributed by atoms with van der Waals surface area (Å²) in [6.07, 6.45) is 1.90. The third kappa shape index (κ3) is 5.92. The highest BCUT2D eigenvalue weighted by Crippen LogP contribution is 2.28. The number of nitrogens with one attached hydrogen (secondary N) is 2. The van der Waals surface area contributed by atoms with Gasteiger partial charge in [0.1, 0.15) is 6.04 Å². The van der Waals surface area contributed by atoms with E-state index >= 15 is 0 Å². The average molecular weight is 478 g/mol. The van der Waals surface area contributed by atoms with Crippen LogP contribution >= 0.6 is 11.3 Å². The van der Waals surface area contributed by atoms with Crippen LogP contribution in [0.5, 0.6) is 0 Å². The number of aryl methyl sites for hydroxylation is 1.